The predicted octanol–water partition coefficient (Wildman–Crippen LogP) is 1.59. The highest BCUT2D eigenvalue weighted by Crippen LogP contribution is 2.29. The summed E-state index contributed by atoms with van der Waals surface area (Å²) in [5, 5.41) is 0. The molecule has 0 amide bonds. The molecule has 3 unspecified atom stereocenters. The van der Waals surface area contributed by atoms with Crippen LogP contribution in [0, 0.1) is 11.8 Å². The van der Waals surface area contributed by atoms with Gasteiger partial charge in [-0.1, -0.05) is 13.8 Å². The quantitative estimate of drug-likeness (QED) is 0.520. The molecule has 2 nitrogen and oxygen atoms in total. The molecule has 0 bridgehead atoms. The van der Waals surface area contributed by atoms with Crippen molar-refractivity contribution < 1.29 is 9.53 Å². The van der Waals surface area contributed by atoms with Crippen molar-refractivity contribution in [1.29, 1.82) is 0 Å². The Hall–Kier alpha value is -0.530. The summed E-state index contributed by atoms with van der Waals surface area (Å²) in [5.41, 5.74) is 0. The molecule has 1 fully saturated rings. The third-order valence-corrected chi connectivity index (χ3v) is 2.39. The highest BCUT2D eigenvalue weighted by molar-refractivity contribution is 5.74. The SMILES string of the molecule is CCC1C(C)OC(=O)C1C. The van der Waals surface area contributed by atoms with E-state index in [1.165, 1.54) is 0 Å². The second-order valence-electron chi connectivity index (χ2n) is 3.00. The Labute approximate surface area is 61.6 Å². The Morgan fingerprint density at radius 2 is 2.10 bits per heavy atom. The van der Waals surface area contributed by atoms with Crippen molar-refractivity contribution in [2.75, 3.05) is 0 Å². The van der Waals surface area contributed by atoms with Crippen molar-refractivity contribution in [3.8, 4) is 0 Å². The van der Waals surface area contributed by atoms with Crippen molar-refractivity contribution in [1.82, 2.24) is 0 Å². The van der Waals surface area contributed by atoms with Gasteiger partial charge in [0.1, 0.15) is 6.10 Å². The lowest BCUT2D eigenvalue weighted by Crippen LogP contribution is -2.14. The largest absolute Gasteiger partial charge is 0.462 e. The van der Waals surface area contributed by atoms with E-state index in [0.717, 1.165) is 6.42 Å². The molecule has 1 heterocycles. The third kappa shape index (κ3) is 1.02. The highest BCUT2D eigenvalue weighted by atomic mass is 16.6. The van der Waals surface area contributed by atoms with E-state index in [0.29, 0.717) is 5.92 Å². The molecule has 0 spiro atoms. The highest BCUT2D eigenvalue weighted by Gasteiger charge is 2.37. The zero-order valence-corrected chi connectivity index (χ0v) is 6.76. The first-order chi connectivity index (χ1) is 4.66. The van der Waals surface area contributed by atoms with Gasteiger partial charge in [0.15, 0.2) is 0 Å². The van der Waals surface area contributed by atoms with Crippen LogP contribution in [-0.2, 0) is 9.53 Å². The molecule has 0 saturated carbocycles. The summed E-state index contributed by atoms with van der Waals surface area (Å²) >= 11 is 0. The predicted molar refractivity (Wildman–Crippen MR) is 38.5 cm³/mol. The van der Waals surface area contributed by atoms with Gasteiger partial charge in [-0.15, -0.1) is 0 Å². The van der Waals surface area contributed by atoms with Crippen molar-refractivity contribution >= 4 is 5.97 Å². The van der Waals surface area contributed by atoms with Crippen LogP contribution in [0.5, 0.6) is 0 Å². The lowest BCUT2D eigenvalue weighted by Gasteiger charge is -2.11. The molecule has 0 aromatic heterocycles. The molecule has 0 N–H and O–H groups in total. The number of hydrogen-bond donors (Lipinski definition) is 0. The van der Waals surface area contributed by atoms with E-state index in [1.807, 2.05) is 13.8 Å². The van der Waals surface area contributed by atoms with Crippen LogP contribution in [0.4, 0.5) is 0 Å². The van der Waals surface area contributed by atoms with Crippen LogP contribution in [0.2, 0.25) is 0 Å². The zero-order chi connectivity index (χ0) is 7.72. The fourth-order valence-corrected chi connectivity index (χ4v) is 1.64. The molecule has 1 aliphatic rings. The molecular formula is C8H14O2. The van der Waals surface area contributed by atoms with Gasteiger partial charge in [-0.3, -0.25) is 4.79 Å². The Morgan fingerprint density at radius 1 is 1.50 bits per heavy atom. The number of carbonyl (C=O) groups is 1. The van der Waals surface area contributed by atoms with Crippen molar-refractivity contribution in [2.45, 2.75) is 33.3 Å². The molecule has 2 heteroatoms. The van der Waals surface area contributed by atoms with Crippen LogP contribution in [-0.4, -0.2) is 12.1 Å². The van der Waals surface area contributed by atoms with Gasteiger partial charge in [0.25, 0.3) is 0 Å². The van der Waals surface area contributed by atoms with E-state index in [1.54, 1.807) is 0 Å². The summed E-state index contributed by atoms with van der Waals surface area (Å²) < 4.78 is 5.04. The molecule has 58 valence electrons. The number of ether oxygens (including phenoxy) is 1. The average Bonchev–Trinajstić information content (AvgIpc) is 2.09. The lowest BCUT2D eigenvalue weighted by atomic mass is 9.90. The van der Waals surface area contributed by atoms with Gasteiger partial charge in [-0.25, -0.2) is 0 Å². The van der Waals surface area contributed by atoms with Crippen molar-refractivity contribution in [2.24, 2.45) is 11.8 Å². The van der Waals surface area contributed by atoms with Crippen LogP contribution in [0.3, 0.4) is 0 Å². The van der Waals surface area contributed by atoms with E-state index in [2.05, 4.69) is 6.92 Å². The molecule has 0 aromatic rings. The molecule has 1 aliphatic heterocycles. The standard InChI is InChI=1S/C8H14O2/c1-4-7-5(2)8(9)10-6(7)3/h5-7H,4H2,1-3H3. The first kappa shape index (κ1) is 7.58. The summed E-state index contributed by atoms with van der Waals surface area (Å²) in [6.07, 6.45) is 1.17. The van der Waals surface area contributed by atoms with Gasteiger partial charge >= 0.3 is 5.97 Å². The topological polar surface area (TPSA) is 26.3 Å². The van der Waals surface area contributed by atoms with Crippen LogP contribution >= 0.6 is 0 Å². The summed E-state index contributed by atoms with van der Waals surface area (Å²) in [6.45, 7) is 6.01. The second-order valence-corrected chi connectivity index (χ2v) is 3.00. The Balaban J connectivity index is 2.64. The van der Waals surface area contributed by atoms with Crippen LogP contribution in [0.25, 0.3) is 0 Å². The Morgan fingerprint density at radius 3 is 2.30 bits per heavy atom. The summed E-state index contributed by atoms with van der Waals surface area (Å²) in [5.74, 6) is 0.520. The van der Waals surface area contributed by atoms with Gasteiger partial charge in [0.2, 0.25) is 0 Å². The maximum absolute atomic E-state index is 10.9. The molecule has 10 heavy (non-hydrogen) atoms. The van der Waals surface area contributed by atoms with E-state index >= 15 is 0 Å². The number of rotatable bonds is 1. The fraction of sp³-hybridized carbons (Fsp3) is 0.875. The maximum atomic E-state index is 10.9. The van der Waals surface area contributed by atoms with E-state index in [4.69, 9.17) is 4.74 Å². The van der Waals surface area contributed by atoms with Crippen molar-refractivity contribution in [3.05, 3.63) is 0 Å². The van der Waals surface area contributed by atoms with Gasteiger partial charge < -0.3 is 4.74 Å². The minimum Gasteiger partial charge on any atom is -0.462 e. The average molecular weight is 142 g/mol. The minimum atomic E-state index is -0.0284. The van der Waals surface area contributed by atoms with Crippen molar-refractivity contribution in [3.63, 3.8) is 0 Å². The van der Waals surface area contributed by atoms with Crippen LogP contribution < -0.4 is 0 Å². The maximum Gasteiger partial charge on any atom is 0.309 e. The molecule has 0 aliphatic carbocycles. The number of esters is 1. The molecule has 1 saturated heterocycles. The molecule has 1 rings (SSSR count). The summed E-state index contributed by atoms with van der Waals surface area (Å²) in [4.78, 5) is 10.9. The van der Waals surface area contributed by atoms with Gasteiger partial charge in [-0.05, 0) is 13.3 Å². The lowest BCUT2D eigenvalue weighted by molar-refractivity contribution is -0.143. The monoisotopic (exact) mass is 142 g/mol. The van der Waals surface area contributed by atoms with E-state index in [9.17, 15) is 4.79 Å². The normalized spacial score (nSPS) is 39.9. The van der Waals surface area contributed by atoms with Crippen LogP contribution in [0.15, 0.2) is 0 Å². The fourth-order valence-electron chi connectivity index (χ4n) is 1.64. The third-order valence-electron chi connectivity index (χ3n) is 2.39. The van der Waals surface area contributed by atoms with E-state index < -0.39 is 0 Å². The molecule has 0 radical (unpaired) electrons. The zero-order valence-electron chi connectivity index (χ0n) is 6.76. The van der Waals surface area contributed by atoms with Gasteiger partial charge in [-0.2, -0.15) is 0 Å². The van der Waals surface area contributed by atoms with Gasteiger partial charge in [0.05, 0.1) is 5.92 Å². The molecular weight excluding hydrogens is 128 g/mol. The van der Waals surface area contributed by atoms with E-state index in [-0.39, 0.29) is 18.0 Å². The molecule has 3 atom stereocenters. The smallest absolute Gasteiger partial charge is 0.309 e. The first-order valence-corrected chi connectivity index (χ1v) is 3.87. The molecule has 0 aromatic carbocycles. The van der Waals surface area contributed by atoms with Crippen LogP contribution in [0.1, 0.15) is 27.2 Å². The number of cyclic esters (lactones) is 1. The Kier molecular flexibility index (Phi) is 1.97. The number of carbonyl (C=O) groups excluding carboxylic acids is 1. The minimum absolute atomic E-state index is 0.0284. The second kappa shape index (κ2) is 2.60. The first-order valence-electron chi connectivity index (χ1n) is 3.87. The number of hydrogen-bond acceptors (Lipinski definition) is 2. The summed E-state index contributed by atoms with van der Waals surface area (Å²) in [7, 11) is 0. The Bertz CT molecular complexity index is 142. The summed E-state index contributed by atoms with van der Waals surface area (Å²) in [6, 6.07) is 0. The van der Waals surface area contributed by atoms with Gasteiger partial charge in [0, 0.05) is 5.92 Å².